The number of nitrogens with zero attached hydrogens (tertiary/aromatic N) is 2. The minimum absolute atomic E-state index is 0.0564. The van der Waals surface area contributed by atoms with E-state index in [1.54, 1.807) is 24.3 Å². The summed E-state index contributed by atoms with van der Waals surface area (Å²) in [5.41, 5.74) is 3.19. The van der Waals surface area contributed by atoms with Crippen molar-refractivity contribution in [3.8, 4) is 0 Å². The van der Waals surface area contributed by atoms with Crippen molar-refractivity contribution in [3.05, 3.63) is 107 Å². The number of ether oxygens (including phenoxy) is 1. The van der Waals surface area contributed by atoms with Crippen molar-refractivity contribution in [1.29, 1.82) is 0 Å². The normalized spacial score (nSPS) is 21.3. The Kier molecular flexibility index (Phi) is 8.86. The Labute approximate surface area is 255 Å². The van der Waals surface area contributed by atoms with Gasteiger partial charge in [0.1, 0.15) is 17.2 Å². The van der Waals surface area contributed by atoms with Crippen LogP contribution in [-0.2, 0) is 9.53 Å². The largest absolute Gasteiger partial charge is 0.459 e. The fourth-order valence-electron chi connectivity index (χ4n) is 6.47. The first-order valence-electron chi connectivity index (χ1n) is 15.5. The zero-order valence-corrected chi connectivity index (χ0v) is 26.0. The van der Waals surface area contributed by atoms with Crippen molar-refractivity contribution < 1.29 is 18.7 Å². The lowest BCUT2D eigenvalue weighted by Gasteiger charge is -2.46. The molecule has 3 aromatic rings. The minimum Gasteiger partial charge on any atom is -0.459 e. The van der Waals surface area contributed by atoms with Crippen LogP contribution >= 0.6 is 0 Å². The predicted molar refractivity (Wildman–Crippen MR) is 169 cm³/mol. The molecule has 0 aromatic heterocycles. The third-order valence-corrected chi connectivity index (χ3v) is 8.72. The Hall–Kier alpha value is -3.80. The topological polar surface area (TPSA) is 59.0 Å². The summed E-state index contributed by atoms with van der Waals surface area (Å²) in [5, 5.41) is 0. The molecule has 1 aliphatic carbocycles. The maximum absolute atomic E-state index is 14.5. The first-order valence-corrected chi connectivity index (χ1v) is 15.5. The van der Waals surface area contributed by atoms with Crippen molar-refractivity contribution in [1.82, 2.24) is 4.90 Å². The molecule has 1 heterocycles. The number of carbonyl (C=O) groups excluding carboxylic acids is 2. The van der Waals surface area contributed by atoms with E-state index < -0.39 is 5.66 Å². The summed E-state index contributed by atoms with van der Waals surface area (Å²) in [5.74, 6) is -0.411. The number of amides is 1. The smallest absolute Gasteiger partial charge is 0.338 e. The van der Waals surface area contributed by atoms with Crippen LogP contribution in [0.5, 0.6) is 0 Å². The lowest BCUT2D eigenvalue weighted by Crippen LogP contribution is -2.50. The van der Waals surface area contributed by atoms with E-state index >= 15 is 0 Å². The molecule has 1 amide bonds. The molecule has 1 saturated carbocycles. The van der Waals surface area contributed by atoms with Gasteiger partial charge in [0.15, 0.2) is 0 Å². The predicted octanol–water partition coefficient (Wildman–Crippen LogP) is 8.64. The van der Waals surface area contributed by atoms with Gasteiger partial charge < -0.3 is 9.64 Å². The molecule has 6 heteroatoms. The molecule has 2 aliphatic rings. The molecule has 43 heavy (non-hydrogen) atoms. The van der Waals surface area contributed by atoms with Crippen LogP contribution in [-0.4, -0.2) is 34.3 Å². The number of hydrogen-bond donors (Lipinski definition) is 0. The molecular formula is C37H43FN2O3. The molecule has 0 bridgehead atoms. The van der Waals surface area contributed by atoms with Gasteiger partial charge in [0.2, 0.25) is 0 Å². The molecule has 5 nitrogen and oxygen atoms in total. The van der Waals surface area contributed by atoms with E-state index in [0.29, 0.717) is 22.8 Å². The SMILES string of the molecule is CC(C)OC(=O)c1ccc([C@@H](CCC(C)(C)C)N2C(=O)C(c3ccc(F)cc3)=NC23CCC(c2ccccc2)CC3)cc1. The Balaban J connectivity index is 1.53. The van der Waals surface area contributed by atoms with E-state index in [9.17, 15) is 14.0 Å². The highest BCUT2D eigenvalue weighted by Crippen LogP contribution is 2.49. The van der Waals surface area contributed by atoms with Gasteiger partial charge in [0, 0.05) is 5.56 Å². The first-order chi connectivity index (χ1) is 20.5. The zero-order chi connectivity index (χ0) is 30.8. The summed E-state index contributed by atoms with van der Waals surface area (Å²) in [7, 11) is 0. The quantitative estimate of drug-likeness (QED) is 0.250. The third kappa shape index (κ3) is 6.90. The number of halogens is 1. The number of benzene rings is 3. The van der Waals surface area contributed by atoms with Gasteiger partial charge in [-0.25, -0.2) is 9.18 Å². The standard InChI is InChI=1S/C37H43FN2O3/c1-25(2)43-35(42)30-13-11-28(12-14-30)32(21-22-36(3,4)5)40-34(41)33(29-15-17-31(38)18-16-29)39-37(40)23-19-27(20-24-37)26-9-7-6-8-10-26/h6-18,25,27,32H,19-24H2,1-5H3/t27?,32-,37?/m1/s1. The molecule has 5 rings (SSSR count). The summed E-state index contributed by atoms with van der Waals surface area (Å²) >= 11 is 0. The molecule has 1 atom stereocenters. The Morgan fingerprint density at radius 2 is 1.60 bits per heavy atom. The van der Waals surface area contributed by atoms with Crippen LogP contribution < -0.4 is 0 Å². The molecule has 0 N–H and O–H groups in total. The zero-order valence-electron chi connectivity index (χ0n) is 26.0. The van der Waals surface area contributed by atoms with Crippen molar-refractivity contribution >= 4 is 17.6 Å². The van der Waals surface area contributed by atoms with Crippen LogP contribution in [0.2, 0.25) is 0 Å². The van der Waals surface area contributed by atoms with E-state index in [1.165, 1.54) is 17.7 Å². The molecule has 0 unspecified atom stereocenters. The summed E-state index contributed by atoms with van der Waals surface area (Å²) < 4.78 is 19.3. The lowest BCUT2D eigenvalue weighted by atomic mass is 9.77. The second-order valence-corrected chi connectivity index (χ2v) is 13.5. The van der Waals surface area contributed by atoms with E-state index in [-0.39, 0.29) is 35.3 Å². The average Bonchev–Trinajstić information content (AvgIpc) is 3.25. The van der Waals surface area contributed by atoms with Gasteiger partial charge in [-0.2, -0.15) is 0 Å². The van der Waals surface area contributed by atoms with Crippen molar-refractivity contribution in [2.75, 3.05) is 0 Å². The van der Waals surface area contributed by atoms with Gasteiger partial charge in [0.05, 0.1) is 17.7 Å². The molecule has 0 radical (unpaired) electrons. The molecule has 1 spiro atoms. The highest BCUT2D eigenvalue weighted by molar-refractivity contribution is 6.46. The number of esters is 1. The third-order valence-electron chi connectivity index (χ3n) is 8.72. The summed E-state index contributed by atoms with van der Waals surface area (Å²) in [6.45, 7) is 10.3. The minimum atomic E-state index is -0.691. The van der Waals surface area contributed by atoms with Crippen LogP contribution in [0.25, 0.3) is 0 Å². The second kappa shape index (κ2) is 12.4. The highest BCUT2D eigenvalue weighted by Gasteiger charge is 2.52. The second-order valence-electron chi connectivity index (χ2n) is 13.5. The van der Waals surface area contributed by atoms with E-state index in [0.717, 1.165) is 44.1 Å². The van der Waals surface area contributed by atoms with Gasteiger partial charge >= 0.3 is 5.97 Å². The fourth-order valence-corrected chi connectivity index (χ4v) is 6.47. The molecule has 3 aromatic carbocycles. The lowest BCUT2D eigenvalue weighted by molar-refractivity contribution is -0.133. The monoisotopic (exact) mass is 582 g/mol. The number of rotatable bonds is 8. The Morgan fingerprint density at radius 1 is 0.977 bits per heavy atom. The number of hydrogen-bond acceptors (Lipinski definition) is 4. The molecule has 226 valence electrons. The van der Waals surface area contributed by atoms with Crippen LogP contribution in [0.15, 0.2) is 83.9 Å². The van der Waals surface area contributed by atoms with Gasteiger partial charge in [-0.3, -0.25) is 9.79 Å². The van der Waals surface area contributed by atoms with Gasteiger partial charge in [0.25, 0.3) is 5.91 Å². The van der Waals surface area contributed by atoms with E-state index in [2.05, 4.69) is 45.0 Å². The van der Waals surface area contributed by atoms with Crippen LogP contribution in [0, 0.1) is 11.2 Å². The van der Waals surface area contributed by atoms with Crippen molar-refractivity contribution in [3.63, 3.8) is 0 Å². The van der Waals surface area contributed by atoms with E-state index in [4.69, 9.17) is 9.73 Å². The molecule has 1 fully saturated rings. The summed E-state index contributed by atoms with van der Waals surface area (Å²) in [4.78, 5) is 34.3. The summed E-state index contributed by atoms with van der Waals surface area (Å²) in [6.07, 6.45) is 4.76. The molecule has 0 saturated heterocycles. The summed E-state index contributed by atoms with van der Waals surface area (Å²) in [6, 6.07) is 23.9. The maximum Gasteiger partial charge on any atom is 0.338 e. The number of aliphatic imine (C=N–C) groups is 1. The maximum atomic E-state index is 14.5. The molecular weight excluding hydrogens is 539 g/mol. The van der Waals surface area contributed by atoms with Crippen LogP contribution in [0.1, 0.15) is 112 Å². The van der Waals surface area contributed by atoms with Crippen LogP contribution in [0.3, 0.4) is 0 Å². The Morgan fingerprint density at radius 3 is 2.19 bits per heavy atom. The first kappa shape index (κ1) is 30.7. The van der Waals surface area contributed by atoms with Gasteiger partial charge in [-0.1, -0.05) is 63.2 Å². The Bertz CT molecular complexity index is 1450. The molecule has 1 aliphatic heterocycles. The number of carbonyl (C=O) groups is 2. The van der Waals surface area contributed by atoms with Gasteiger partial charge in [-0.05, 0) is 111 Å². The van der Waals surface area contributed by atoms with Crippen molar-refractivity contribution in [2.24, 2.45) is 10.4 Å². The van der Waals surface area contributed by atoms with Crippen molar-refractivity contribution in [2.45, 2.75) is 96.9 Å². The van der Waals surface area contributed by atoms with Gasteiger partial charge in [-0.15, -0.1) is 0 Å². The highest BCUT2D eigenvalue weighted by atomic mass is 19.1. The average molecular weight is 583 g/mol. The fraction of sp³-hybridized carbons (Fsp3) is 0.432. The van der Waals surface area contributed by atoms with E-state index in [1.807, 2.05) is 36.9 Å². The van der Waals surface area contributed by atoms with Crippen LogP contribution in [0.4, 0.5) is 4.39 Å².